The van der Waals surface area contributed by atoms with Crippen molar-refractivity contribution in [1.82, 2.24) is 4.90 Å². The van der Waals surface area contributed by atoms with E-state index in [4.69, 9.17) is 5.11 Å². The SMILES string of the molecule is CCN(CCC(=O)O)C(=O)CC(C)c1ccccc1C. The Balaban J connectivity index is 2.64. The van der Waals surface area contributed by atoms with Gasteiger partial charge in [-0.05, 0) is 30.9 Å². The minimum absolute atomic E-state index is 0.00166. The summed E-state index contributed by atoms with van der Waals surface area (Å²) in [7, 11) is 0. The molecule has 0 saturated heterocycles. The Morgan fingerprint density at radius 1 is 1.30 bits per heavy atom. The Morgan fingerprint density at radius 2 is 1.95 bits per heavy atom. The molecule has 4 nitrogen and oxygen atoms in total. The van der Waals surface area contributed by atoms with Crippen molar-refractivity contribution >= 4 is 11.9 Å². The van der Waals surface area contributed by atoms with E-state index in [2.05, 4.69) is 0 Å². The highest BCUT2D eigenvalue weighted by atomic mass is 16.4. The largest absolute Gasteiger partial charge is 0.481 e. The van der Waals surface area contributed by atoms with Crippen molar-refractivity contribution in [2.45, 2.75) is 39.5 Å². The summed E-state index contributed by atoms with van der Waals surface area (Å²) in [6.45, 7) is 6.78. The standard InChI is InChI=1S/C16H23NO3/c1-4-17(10-9-16(19)20)15(18)11-13(3)14-8-6-5-7-12(14)2/h5-8,13H,4,9-11H2,1-3H3,(H,19,20). The zero-order valence-electron chi connectivity index (χ0n) is 12.4. The van der Waals surface area contributed by atoms with Crippen LogP contribution in [-0.2, 0) is 9.59 Å². The molecule has 1 aromatic carbocycles. The van der Waals surface area contributed by atoms with Crippen LogP contribution in [0.5, 0.6) is 0 Å². The first-order valence-corrected chi connectivity index (χ1v) is 7.00. The molecule has 0 aliphatic heterocycles. The molecule has 1 rings (SSSR count). The molecule has 0 spiro atoms. The maximum atomic E-state index is 12.2. The average Bonchev–Trinajstić information content (AvgIpc) is 2.39. The van der Waals surface area contributed by atoms with Crippen LogP contribution in [0, 0.1) is 6.92 Å². The summed E-state index contributed by atoms with van der Waals surface area (Å²) >= 11 is 0. The second-order valence-electron chi connectivity index (χ2n) is 5.08. The van der Waals surface area contributed by atoms with Crippen LogP contribution < -0.4 is 0 Å². The normalized spacial score (nSPS) is 11.9. The molecule has 1 atom stereocenters. The highest BCUT2D eigenvalue weighted by Crippen LogP contribution is 2.23. The molecular formula is C16H23NO3. The number of carbonyl (C=O) groups excluding carboxylic acids is 1. The number of amides is 1. The number of carboxylic acid groups (broad SMARTS) is 1. The van der Waals surface area contributed by atoms with E-state index in [1.807, 2.05) is 45.0 Å². The molecule has 0 aliphatic rings. The molecule has 1 amide bonds. The van der Waals surface area contributed by atoms with Gasteiger partial charge in [0.25, 0.3) is 0 Å². The second kappa shape index (κ2) is 7.68. The van der Waals surface area contributed by atoms with Gasteiger partial charge >= 0.3 is 5.97 Å². The highest BCUT2D eigenvalue weighted by molar-refractivity contribution is 5.78. The van der Waals surface area contributed by atoms with Crippen molar-refractivity contribution in [3.05, 3.63) is 35.4 Å². The van der Waals surface area contributed by atoms with E-state index in [1.54, 1.807) is 4.90 Å². The molecule has 0 aliphatic carbocycles. The Hall–Kier alpha value is -1.84. The number of carbonyl (C=O) groups is 2. The van der Waals surface area contributed by atoms with E-state index in [0.717, 1.165) is 0 Å². The Morgan fingerprint density at radius 3 is 2.50 bits per heavy atom. The van der Waals surface area contributed by atoms with Gasteiger partial charge in [0.15, 0.2) is 0 Å². The van der Waals surface area contributed by atoms with E-state index in [9.17, 15) is 9.59 Å². The first-order chi connectivity index (χ1) is 9.45. The van der Waals surface area contributed by atoms with Crippen LogP contribution in [0.4, 0.5) is 0 Å². The van der Waals surface area contributed by atoms with Crippen molar-refractivity contribution in [2.24, 2.45) is 0 Å². The van der Waals surface area contributed by atoms with Gasteiger partial charge in [0.05, 0.1) is 6.42 Å². The number of aryl methyl sites for hydroxylation is 1. The van der Waals surface area contributed by atoms with E-state index >= 15 is 0 Å². The first-order valence-electron chi connectivity index (χ1n) is 7.00. The number of rotatable bonds is 7. The number of nitrogens with zero attached hydrogens (tertiary/aromatic N) is 1. The Kier molecular flexibility index (Phi) is 6.22. The molecule has 20 heavy (non-hydrogen) atoms. The lowest BCUT2D eigenvalue weighted by atomic mass is 9.93. The van der Waals surface area contributed by atoms with Gasteiger partial charge in [0.2, 0.25) is 5.91 Å². The molecule has 0 heterocycles. The van der Waals surface area contributed by atoms with Crippen LogP contribution >= 0.6 is 0 Å². The van der Waals surface area contributed by atoms with Crippen LogP contribution in [0.1, 0.15) is 43.7 Å². The summed E-state index contributed by atoms with van der Waals surface area (Å²) in [6.07, 6.45) is 0.413. The summed E-state index contributed by atoms with van der Waals surface area (Å²) in [5.41, 5.74) is 2.36. The number of benzene rings is 1. The Labute approximate surface area is 120 Å². The number of carboxylic acids is 1. The molecule has 0 radical (unpaired) electrons. The molecule has 0 fully saturated rings. The van der Waals surface area contributed by atoms with Crippen molar-refractivity contribution in [3.8, 4) is 0 Å². The average molecular weight is 277 g/mol. The fourth-order valence-corrected chi connectivity index (χ4v) is 2.33. The third-order valence-corrected chi connectivity index (χ3v) is 3.53. The van der Waals surface area contributed by atoms with Crippen molar-refractivity contribution < 1.29 is 14.7 Å². The quantitative estimate of drug-likeness (QED) is 0.833. The Bertz CT molecular complexity index is 471. The van der Waals surface area contributed by atoms with Gasteiger partial charge < -0.3 is 10.0 Å². The minimum Gasteiger partial charge on any atom is -0.481 e. The van der Waals surface area contributed by atoms with E-state index in [-0.39, 0.29) is 24.8 Å². The molecule has 4 heteroatoms. The monoisotopic (exact) mass is 277 g/mol. The predicted molar refractivity (Wildman–Crippen MR) is 78.7 cm³/mol. The molecule has 0 aromatic heterocycles. The van der Waals surface area contributed by atoms with Gasteiger partial charge in [-0.15, -0.1) is 0 Å². The minimum atomic E-state index is -0.872. The molecule has 0 bridgehead atoms. The van der Waals surface area contributed by atoms with Gasteiger partial charge in [-0.3, -0.25) is 9.59 Å². The molecule has 0 saturated carbocycles. The zero-order chi connectivity index (χ0) is 15.1. The summed E-state index contributed by atoms with van der Waals surface area (Å²) in [5.74, 6) is -0.713. The fourth-order valence-electron chi connectivity index (χ4n) is 2.33. The lowest BCUT2D eigenvalue weighted by molar-refractivity contribution is -0.138. The summed E-state index contributed by atoms with van der Waals surface area (Å²) in [6, 6.07) is 8.04. The van der Waals surface area contributed by atoms with Crippen LogP contribution in [0.15, 0.2) is 24.3 Å². The van der Waals surface area contributed by atoms with Gasteiger partial charge in [-0.1, -0.05) is 31.2 Å². The molecular weight excluding hydrogens is 254 g/mol. The van der Waals surface area contributed by atoms with Crippen molar-refractivity contribution in [1.29, 1.82) is 0 Å². The zero-order valence-corrected chi connectivity index (χ0v) is 12.4. The lowest BCUT2D eigenvalue weighted by Crippen LogP contribution is -2.33. The van der Waals surface area contributed by atoms with Crippen LogP contribution in [0.25, 0.3) is 0 Å². The summed E-state index contributed by atoms with van der Waals surface area (Å²) in [5, 5.41) is 8.70. The number of aliphatic carboxylic acids is 1. The van der Waals surface area contributed by atoms with Gasteiger partial charge in [-0.25, -0.2) is 0 Å². The third kappa shape index (κ3) is 4.68. The van der Waals surface area contributed by atoms with Crippen LogP contribution in [0.2, 0.25) is 0 Å². The van der Waals surface area contributed by atoms with E-state index in [0.29, 0.717) is 13.0 Å². The van der Waals surface area contributed by atoms with Crippen molar-refractivity contribution in [2.75, 3.05) is 13.1 Å². The van der Waals surface area contributed by atoms with Gasteiger partial charge in [0, 0.05) is 19.5 Å². The number of hydrogen-bond donors (Lipinski definition) is 1. The second-order valence-corrected chi connectivity index (χ2v) is 5.08. The van der Waals surface area contributed by atoms with Crippen LogP contribution in [0.3, 0.4) is 0 Å². The van der Waals surface area contributed by atoms with E-state index < -0.39 is 5.97 Å². The lowest BCUT2D eigenvalue weighted by Gasteiger charge is -2.22. The number of hydrogen-bond acceptors (Lipinski definition) is 2. The maximum absolute atomic E-state index is 12.2. The van der Waals surface area contributed by atoms with Gasteiger partial charge in [-0.2, -0.15) is 0 Å². The van der Waals surface area contributed by atoms with Crippen molar-refractivity contribution in [3.63, 3.8) is 0 Å². The topological polar surface area (TPSA) is 57.6 Å². The molecule has 110 valence electrons. The van der Waals surface area contributed by atoms with E-state index in [1.165, 1.54) is 11.1 Å². The molecule has 1 unspecified atom stereocenters. The fraction of sp³-hybridized carbons (Fsp3) is 0.500. The smallest absolute Gasteiger partial charge is 0.305 e. The van der Waals surface area contributed by atoms with Gasteiger partial charge in [0.1, 0.15) is 0 Å². The third-order valence-electron chi connectivity index (χ3n) is 3.53. The summed E-state index contributed by atoms with van der Waals surface area (Å²) < 4.78 is 0. The highest BCUT2D eigenvalue weighted by Gasteiger charge is 2.18. The molecule has 1 aromatic rings. The molecule has 1 N–H and O–H groups in total. The summed E-state index contributed by atoms with van der Waals surface area (Å²) in [4.78, 5) is 24.4. The van der Waals surface area contributed by atoms with Crippen LogP contribution in [-0.4, -0.2) is 35.0 Å². The predicted octanol–water partition coefficient (Wildman–Crippen LogP) is 2.81. The maximum Gasteiger partial charge on any atom is 0.305 e. The first kappa shape index (κ1) is 16.2.